The maximum absolute atomic E-state index is 6.56. The summed E-state index contributed by atoms with van der Waals surface area (Å²) in [4.78, 5) is 3.53. The minimum Gasteiger partial charge on any atom is -0.408 e. The summed E-state index contributed by atoms with van der Waals surface area (Å²) < 4.78 is 8.65. The van der Waals surface area contributed by atoms with E-state index in [1.807, 2.05) is 24.3 Å². The molecular weight excluding hydrogens is 398 g/mol. The average molecular weight is 414 g/mol. The summed E-state index contributed by atoms with van der Waals surface area (Å²) in [5.41, 5.74) is 2.79. The molecule has 4 aromatic rings. The van der Waals surface area contributed by atoms with Crippen LogP contribution < -0.4 is 0 Å². The highest BCUT2D eigenvalue weighted by molar-refractivity contribution is 7.71. The van der Waals surface area contributed by atoms with Gasteiger partial charge in [0.05, 0.1) is 11.7 Å². The number of hydrogen-bond acceptors (Lipinski definition) is 5. The second kappa shape index (κ2) is 6.87. The van der Waals surface area contributed by atoms with E-state index < -0.39 is 0 Å². The van der Waals surface area contributed by atoms with Crippen molar-refractivity contribution < 1.29 is 4.42 Å². The number of fused-ring (bicyclic) bond motifs is 2. The minimum atomic E-state index is 0.373. The van der Waals surface area contributed by atoms with Gasteiger partial charge in [0.1, 0.15) is 4.88 Å². The van der Waals surface area contributed by atoms with E-state index in [0.717, 1.165) is 34.5 Å². The summed E-state index contributed by atoms with van der Waals surface area (Å²) in [6.07, 6.45) is 1.04. The van der Waals surface area contributed by atoms with Gasteiger partial charge in [0, 0.05) is 23.2 Å². The lowest BCUT2D eigenvalue weighted by Gasteiger charge is -2.28. The molecule has 0 atom stereocenters. The zero-order valence-electron chi connectivity index (χ0n) is 14.4. The van der Waals surface area contributed by atoms with E-state index in [2.05, 4.69) is 34.3 Å². The van der Waals surface area contributed by atoms with E-state index in [1.54, 1.807) is 16.0 Å². The van der Waals surface area contributed by atoms with Crippen LogP contribution in [-0.4, -0.2) is 21.2 Å². The highest BCUT2D eigenvalue weighted by atomic mass is 35.5. The molecule has 5 rings (SSSR count). The smallest absolute Gasteiger partial charge is 0.288 e. The second-order valence-corrected chi connectivity index (χ2v) is 8.41. The third kappa shape index (κ3) is 3.12. The third-order valence-electron chi connectivity index (χ3n) is 4.88. The Morgan fingerprint density at radius 1 is 1.11 bits per heavy atom. The molecule has 0 radical (unpaired) electrons. The first kappa shape index (κ1) is 17.1. The molecule has 2 aromatic carbocycles. The van der Waals surface area contributed by atoms with Crippen molar-refractivity contribution >= 4 is 45.2 Å². The van der Waals surface area contributed by atoms with Crippen LogP contribution in [-0.2, 0) is 19.6 Å². The predicted octanol–water partition coefficient (Wildman–Crippen LogP) is 5.76. The Balaban J connectivity index is 1.43. The molecule has 0 amide bonds. The van der Waals surface area contributed by atoms with Crippen LogP contribution in [0.3, 0.4) is 0 Å². The molecule has 136 valence electrons. The van der Waals surface area contributed by atoms with Crippen molar-refractivity contribution in [2.45, 2.75) is 19.6 Å². The highest BCUT2D eigenvalue weighted by Crippen LogP contribution is 2.41. The van der Waals surface area contributed by atoms with Gasteiger partial charge in [-0.05, 0) is 35.8 Å². The lowest BCUT2D eigenvalue weighted by atomic mass is 10.0. The SMILES string of the molecule is S=c1oc(-c2sc3ccccc3c2Cl)nn1CN1CCc2ccccc2C1. The van der Waals surface area contributed by atoms with Crippen LogP contribution >= 0.6 is 35.2 Å². The van der Waals surface area contributed by atoms with Crippen LogP contribution in [0.5, 0.6) is 0 Å². The fourth-order valence-corrected chi connectivity index (χ4v) is 5.11. The quantitative estimate of drug-likeness (QED) is 0.400. The maximum Gasteiger partial charge on any atom is 0.288 e. The molecule has 0 bridgehead atoms. The number of nitrogens with zero attached hydrogens (tertiary/aromatic N) is 3. The van der Waals surface area contributed by atoms with E-state index in [9.17, 15) is 0 Å². The zero-order chi connectivity index (χ0) is 18.4. The van der Waals surface area contributed by atoms with Crippen molar-refractivity contribution in [3.05, 3.63) is 69.5 Å². The Morgan fingerprint density at radius 3 is 2.74 bits per heavy atom. The first-order valence-corrected chi connectivity index (χ1v) is 10.3. The maximum atomic E-state index is 6.56. The molecule has 0 saturated heterocycles. The standard InChI is InChI=1S/C20H16ClN3OS2/c21-17-15-7-3-4-8-16(15)27-18(17)19-22-24(20(26)25-19)12-23-10-9-13-5-1-2-6-14(13)11-23/h1-8H,9-12H2. The number of benzene rings is 2. The van der Waals surface area contributed by atoms with E-state index in [4.69, 9.17) is 28.2 Å². The lowest BCUT2D eigenvalue weighted by molar-refractivity contribution is 0.186. The number of rotatable bonds is 3. The molecule has 7 heteroatoms. The largest absolute Gasteiger partial charge is 0.408 e. The van der Waals surface area contributed by atoms with Gasteiger partial charge in [0.15, 0.2) is 0 Å². The third-order valence-corrected chi connectivity index (χ3v) is 6.84. The van der Waals surface area contributed by atoms with Gasteiger partial charge in [-0.15, -0.1) is 16.4 Å². The second-order valence-electron chi connectivity index (χ2n) is 6.63. The molecule has 3 heterocycles. The molecule has 4 nitrogen and oxygen atoms in total. The van der Waals surface area contributed by atoms with Crippen molar-refractivity contribution in [3.8, 4) is 10.8 Å². The van der Waals surface area contributed by atoms with E-state index in [-0.39, 0.29) is 0 Å². The first-order valence-electron chi connectivity index (χ1n) is 8.73. The first-order chi connectivity index (χ1) is 13.2. The number of aromatic nitrogens is 2. The molecular formula is C20H16ClN3OS2. The number of hydrogen-bond donors (Lipinski definition) is 0. The lowest BCUT2D eigenvalue weighted by Crippen LogP contribution is -2.32. The van der Waals surface area contributed by atoms with Gasteiger partial charge >= 0.3 is 0 Å². The fourth-order valence-electron chi connectivity index (χ4n) is 3.50. The van der Waals surface area contributed by atoms with Crippen molar-refractivity contribution in [2.75, 3.05) is 6.54 Å². The fraction of sp³-hybridized carbons (Fsp3) is 0.200. The van der Waals surface area contributed by atoms with Crippen LogP contribution in [0.1, 0.15) is 11.1 Å². The Kier molecular flexibility index (Phi) is 4.36. The molecule has 1 aliphatic heterocycles. The molecule has 0 N–H and O–H groups in total. The Labute approximate surface area is 170 Å². The molecule has 0 saturated carbocycles. The number of thiophene rings is 1. The monoisotopic (exact) mass is 413 g/mol. The van der Waals surface area contributed by atoms with Crippen LogP contribution in [0.25, 0.3) is 20.9 Å². The number of halogens is 1. The Bertz CT molecular complexity index is 1190. The van der Waals surface area contributed by atoms with Gasteiger partial charge in [-0.3, -0.25) is 4.90 Å². The van der Waals surface area contributed by atoms with Gasteiger partial charge in [-0.1, -0.05) is 54.1 Å². The molecule has 0 unspecified atom stereocenters. The van der Waals surface area contributed by atoms with Gasteiger partial charge in [0.2, 0.25) is 0 Å². The van der Waals surface area contributed by atoms with Crippen molar-refractivity contribution in [1.29, 1.82) is 0 Å². The predicted molar refractivity (Wildman–Crippen MR) is 112 cm³/mol. The normalized spacial score (nSPS) is 14.6. The van der Waals surface area contributed by atoms with Gasteiger partial charge in [-0.25, -0.2) is 4.68 Å². The molecule has 0 aliphatic carbocycles. The van der Waals surface area contributed by atoms with E-state index in [0.29, 0.717) is 22.4 Å². The highest BCUT2D eigenvalue weighted by Gasteiger charge is 2.20. The molecule has 0 spiro atoms. The summed E-state index contributed by atoms with van der Waals surface area (Å²) in [6.45, 7) is 2.48. The Hall–Kier alpha value is -1.99. The summed E-state index contributed by atoms with van der Waals surface area (Å²) in [6, 6.07) is 16.6. The summed E-state index contributed by atoms with van der Waals surface area (Å²) >= 11 is 13.5. The van der Waals surface area contributed by atoms with Gasteiger partial charge in [-0.2, -0.15) is 0 Å². The van der Waals surface area contributed by atoms with Crippen LogP contribution in [0, 0.1) is 4.84 Å². The molecule has 0 fully saturated rings. The van der Waals surface area contributed by atoms with Crippen LogP contribution in [0.2, 0.25) is 5.02 Å². The van der Waals surface area contributed by atoms with Crippen molar-refractivity contribution in [1.82, 2.24) is 14.7 Å². The summed E-state index contributed by atoms with van der Waals surface area (Å²) in [5.74, 6) is 0.489. The Morgan fingerprint density at radius 2 is 1.89 bits per heavy atom. The summed E-state index contributed by atoms with van der Waals surface area (Å²) in [7, 11) is 0. The molecule has 27 heavy (non-hydrogen) atoms. The molecule has 2 aromatic heterocycles. The van der Waals surface area contributed by atoms with Gasteiger partial charge < -0.3 is 4.42 Å². The van der Waals surface area contributed by atoms with E-state index in [1.165, 1.54) is 11.1 Å². The molecule has 1 aliphatic rings. The van der Waals surface area contributed by atoms with Crippen molar-refractivity contribution in [2.24, 2.45) is 0 Å². The van der Waals surface area contributed by atoms with Crippen LogP contribution in [0.4, 0.5) is 0 Å². The average Bonchev–Trinajstić information content (AvgIpc) is 3.22. The van der Waals surface area contributed by atoms with Gasteiger partial charge in [0.25, 0.3) is 10.7 Å². The topological polar surface area (TPSA) is 34.2 Å². The van der Waals surface area contributed by atoms with E-state index >= 15 is 0 Å². The minimum absolute atomic E-state index is 0.373. The van der Waals surface area contributed by atoms with Crippen LogP contribution in [0.15, 0.2) is 52.9 Å². The zero-order valence-corrected chi connectivity index (χ0v) is 16.8. The van der Waals surface area contributed by atoms with Crippen molar-refractivity contribution in [3.63, 3.8) is 0 Å². The summed E-state index contributed by atoms with van der Waals surface area (Å²) in [5, 5.41) is 6.30.